The number of halogens is 1. The third-order valence-electron chi connectivity index (χ3n) is 6.52. The van der Waals surface area contributed by atoms with Crippen molar-refractivity contribution in [1.29, 1.82) is 0 Å². The van der Waals surface area contributed by atoms with Crippen LogP contribution >= 0.6 is 11.6 Å². The summed E-state index contributed by atoms with van der Waals surface area (Å²) in [4.78, 5) is 12.9. The maximum absolute atomic E-state index is 10.4. The molecule has 2 aromatic carbocycles. The van der Waals surface area contributed by atoms with E-state index in [-0.39, 0.29) is 18.4 Å². The highest BCUT2D eigenvalue weighted by molar-refractivity contribution is 6.33. The van der Waals surface area contributed by atoms with E-state index in [2.05, 4.69) is 32.2 Å². The van der Waals surface area contributed by atoms with E-state index < -0.39 is 0 Å². The number of imidazole rings is 1. The lowest BCUT2D eigenvalue weighted by Crippen LogP contribution is -2.09. The highest BCUT2D eigenvalue weighted by Gasteiger charge is 2.37. The van der Waals surface area contributed by atoms with Crippen LogP contribution in [0.1, 0.15) is 29.4 Å². The molecule has 168 valence electrons. The Bertz CT molecular complexity index is 1470. The first kappa shape index (κ1) is 20.9. The summed E-state index contributed by atoms with van der Waals surface area (Å²) >= 11 is 6.23. The second kappa shape index (κ2) is 8.59. The molecular weight excluding hydrogens is 448 g/mol. The van der Waals surface area contributed by atoms with Crippen molar-refractivity contribution < 1.29 is 5.11 Å². The van der Waals surface area contributed by atoms with Gasteiger partial charge in [-0.1, -0.05) is 72.3 Å². The molecule has 3 aromatic heterocycles. The van der Waals surface area contributed by atoms with E-state index in [9.17, 15) is 5.11 Å². The molecule has 0 amide bonds. The van der Waals surface area contributed by atoms with Crippen LogP contribution in [-0.2, 0) is 6.54 Å². The molecule has 0 radical (unpaired) electrons. The van der Waals surface area contributed by atoms with Gasteiger partial charge in [-0.3, -0.25) is 0 Å². The molecule has 7 nitrogen and oxygen atoms in total. The van der Waals surface area contributed by atoms with Crippen molar-refractivity contribution in [1.82, 2.24) is 29.7 Å². The third kappa shape index (κ3) is 3.45. The second-order valence-corrected chi connectivity index (χ2v) is 8.86. The van der Waals surface area contributed by atoms with Crippen LogP contribution in [0.2, 0.25) is 5.15 Å². The fourth-order valence-electron chi connectivity index (χ4n) is 5.04. The van der Waals surface area contributed by atoms with Crippen molar-refractivity contribution in [3.8, 4) is 22.5 Å². The lowest BCUT2D eigenvalue weighted by Gasteiger charge is -2.17. The van der Waals surface area contributed by atoms with E-state index in [1.54, 1.807) is 6.33 Å². The van der Waals surface area contributed by atoms with Gasteiger partial charge in [-0.05, 0) is 17.5 Å². The Labute approximate surface area is 201 Å². The van der Waals surface area contributed by atoms with Gasteiger partial charge in [-0.2, -0.15) is 0 Å². The lowest BCUT2D eigenvalue weighted by atomic mass is 9.93. The Morgan fingerprint density at radius 1 is 0.824 bits per heavy atom. The van der Waals surface area contributed by atoms with Crippen molar-refractivity contribution in [2.45, 2.75) is 24.8 Å². The molecule has 1 aliphatic carbocycles. The van der Waals surface area contributed by atoms with Crippen LogP contribution in [-0.4, -0.2) is 41.4 Å². The molecular formula is C26H21ClN6O. The SMILES string of the molecule is OC[C@H]1C[C@@H](Cn2cnc3c(Cl)ncnc32)c2c(-c3ccccc3)nnc(-c3ccccc3)c21. The van der Waals surface area contributed by atoms with Crippen LogP contribution in [0, 0.1) is 0 Å². The van der Waals surface area contributed by atoms with Crippen molar-refractivity contribution in [3.63, 3.8) is 0 Å². The Hall–Kier alpha value is -3.68. The first-order chi connectivity index (χ1) is 16.7. The van der Waals surface area contributed by atoms with Gasteiger partial charge in [0.05, 0.1) is 24.3 Å². The van der Waals surface area contributed by atoms with Crippen LogP contribution in [0.4, 0.5) is 0 Å². The molecule has 0 saturated heterocycles. The second-order valence-electron chi connectivity index (χ2n) is 8.50. The molecule has 0 unspecified atom stereocenters. The number of benzene rings is 2. The Morgan fingerprint density at radius 3 is 2.06 bits per heavy atom. The van der Waals surface area contributed by atoms with Crippen LogP contribution < -0.4 is 0 Å². The number of fused-ring (bicyclic) bond motifs is 2. The zero-order chi connectivity index (χ0) is 23.1. The van der Waals surface area contributed by atoms with E-state index in [0.29, 0.717) is 22.9 Å². The predicted octanol–water partition coefficient (Wildman–Crippen LogP) is 4.87. The molecule has 0 fully saturated rings. The molecule has 3 heterocycles. The highest BCUT2D eigenvalue weighted by atomic mass is 35.5. The first-order valence-corrected chi connectivity index (χ1v) is 11.6. The van der Waals surface area contributed by atoms with Crippen LogP contribution in [0.5, 0.6) is 0 Å². The molecule has 2 atom stereocenters. The molecule has 8 heteroatoms. The minimum absolute atomic E-state index is 0.0406. The third-order valence-corrected chi connectivity index (χ3v) is 6.80. The number of hydrogen-bond acceptors (Lipinski definition) is 6. The van der Waals surface area contributed by atoms with Gasteiger partial charge in [0, 0.05) is 29.5 Å². The van der Waals surface area contributed by atoms with E-state index >= 15 is 0 Å². The van der Waals surface area contributed by atoms with Gasteiger partial charge in [0.25, 0.3) is 0 Å². The maximum atomic E-state index is 10.4. The normalized spacial score (nSPS) is 17.2. The summed E-state index contributed by atoms with van der Waals surface area (Å²) in [5.74, 6) is 0.0487. The van der Waals surface area contributed by atoms with Crippen molar-refractivity contribution in [2.75, 3.05) is 6.61 Å². The topological polar surface area (TPSA) is 89.6 Å². The fraction of sp³-hybridized carbons (Fsp3) is 0.192. The van der Waals surface area contributed by atoms with Gasteiger partial charge >= 0.3 is 0 Å². The van der Waals surface area contributed by atoms with Crippen molar-refractivity contribution >= 4 is 22.8 Å². The monoisotopic (exact) mass is 468 g/mol. The van der Waals surface area contributed by atoms with E-state index in [1.807, 2.05) is 53.1 Å². The number of hydrogen-bond donors (Lipinski definition) is 1. The number of nitrogens with zero attached hydrogens (tertiary/aromatic N) is 6. The molecule has 1 aliphatic rings. The fourth-order valence-corrected chi connectivity index (χ4v) is 5.22. The minimum Gasteiger partial charge on any atom is -0.396 e. The number of aliphatic hydroxyl groups excluding tert-OH is 1. The van der Waals surface area contributed by atoms with Gasteiger partial charge < -0.3 is 9.67 Å². The largest absolute Gasteiger partial charge is 0.396 e. The van der Waals surface area contributed by atoms with Crippen LogP contribution in [0.15, 0.2) is 73.3 Å². The van der Waals surface area contributed by atoms with E-state index in [0.717, 1.165) is 40.1 Å². The first-order valence-electron chi connectivity index (χ1n) is 11.2. The average molecular weight is 469 g/mol. The summed E-state index contributed by atoms with van der Waals surface area (Å²) < 4.78 is 2.01. The quantitative estimate of drug-likeness (QED) is 0.370. The number of aliphatic hydroxyl groups is 1. The molecule has 0 saturated carbocycles. The predicted molar refractivity (Wildman–Crippen MR) is 130 cm³/mol. The standard InChI is InChI=1S/C26H21ClN6O/c27-25-24-26(29-14-28-25)33(15-30-24)12-18-11-19(13-34)21-20(18)22(16-7-3-1-4-8-16)31-32-23(21)17-9-5-2-6-10-17/h1-10,14-15,18-19,34H,11-13H2/t18-,19+/m0/s1. The molecule has 5 aromatic rings. The highest BCUT2D eigenvalue weighted by Crippen LogP contribution is 2.49. The molecule has 1 N–H and O–H groups in total. The average Bonchev–Trinajstić information content (AvgIpc) is 3.47. The molecule has 0 bridgehead atoms. The maximum Gasteiger partial charge on any atom is 0.164 e. The van der Waals surface area contributed by atoms with Crippen molar-refractivity contribution in [2.24, 2.45) is 0 Å². The van der Waals surface area contributed by atoms with E-state index in [4.69, 9.17) is 16.7 Å². The van der Waals surface area contributed by atoms with Crippen LogP contribution in [0.25, 0.3) is 33.7 Å². The Kier molecular flexibility index (Phi) is 5.28. The van der Waals surface area contributed by atoms with Crippen LogP contribution in [0.3, 0.4) is 0 Å². The lowest BCUT2D eigenvalue weighted by molar-refractivity contribution is 0.260. The molecule has 0 spiro atoms. The Balaban J connectivity index is 1.54. The molecule has 34 heavy (non-hydrogen) atoms. The summed E-state index contributed by atoms with van der Waals surface area (Å²) in [6, 6.07) is 20.2. The van der Waals surface area contributed by atoms with Gasteiger partial charge in [0.15, 0.2) is 10.8 Å². The smallest absolute Gasteiger partial charge is 0.164 e. The summed E-state index contributed by atoms with van der Waals surface area (Å²) in [7, 11) is 0. The summed E-state index contributed by atoms with van der Waals surface area (Å²) in [6.45, 7) is 0.676. The minimum atomic E-state index is -0.0406. The zero-order valence-electron chi connectivity index (χ0n) is 18.2. The zero-order valence-corrected chi connectivity index (χ0v) is 19.0. The number of aromatic nitrogens is 6. The van der Waals surface area contributed by atoms with E-state index in [1.165, 1.54) is 6.33 Å². The van der Waals surface area contributed by atoms with Crippen molar-refractivity contribution in [3.05, 3.63) is 89.6 Å². The summed E-state index contributed by atoms with van der Waals surface area (Å²) in [6.07, 6.45) is 3.99. The van der Waals surface area contributed by atoms with Gasteiger partial charge in [0.1, 0.15) is 11.8 Å². The molecule has 6 rings (SSSR count). The Morgan fingerprint density at radius 2 is 1.44 bits per heavy atom. The van der Waals surface area contributed by atoms with Gasteiger partial charge in [0.2, 0.25) is 0 Å². The molecule has 0 aliphatic heterocycles. The summed E-state index contributed by atoms with van der Waals surface area (Å²) in [5.41, 5.74) is 7.17. The van der Waals surface area contributed by atoms with Gasteiger partial charge in [-0.15, -0.1) is 10.2 Å². The summed E-state index contributed by atoms with van der Waals surface area (Å²) in [5, 5.41) is 20.1. The number of rotatable bonds is 5. The van der Waals surface area contributed by atoms with Gasteiger partial charge in [-0.25, -0.2) is 15.0 Å².